The average Bonchev–Trinajstić information content (AvgIpc) is 2.87. The molecule has 5 heteroatoms. The van der Waals surface area contributed by atoms with Crippen molar-refractivity contribution in [3.63, 3.8) is 0 Å². The molecule has 2 unspecified atom stereocenters. The molecular weight excluding hydrogens is 304 g/mol. The summed E-state index contributed by atoms with van der Waals surface area (Å²) in [7, 11) is 0. The Morgan fingerprint density at radius 3 is 2.57 bits per heavy atom. The highest BCUT2D eigenvalue weighted by Gasteiger charge is 2.41. The van der Waals surface area contributed by atoms with E-state index in [1.165, 1.54) is 29.6 Å². The highest BCUT2D eigenvalue weighted by Crippen LogP contribution is 2.47. The van der Waals surface area contributed by atoms with E-state index in [2.05, 4.69) is 13.8 Å². The highest BCUT2D eigenvalue weighted by molar-refractivity contribution is 8.15. The summed E-state index contributed by atoms with van der Waals surface area (Å²) in [6, 6.07) is 0. The van der Waals surface area contributed by atoms with Gasteiger partial charge in [0.25, 0.3) is 0 Å². The zero-order valence-electron chi connectivity index (χ0n) is 12.8. The van der Waals surface area contributed by atoms with Crippen molar-refractivity contribution in [3.05, 3.63) is 23.3 Å². The quantitative estimate of drug-likeness (QED) is 0.724. The van der Waals surface area contributed by atoms with Gasteiger partial charge in [0.05, 0.1) is 0 Å². The fourth-order valence-corrected chi connectivity index (χ4v) is 4.77. The van der Waals surface area contributed by atoms with Crippen LogP contribution in [0.1, 0.15) is 40.5 Å². The Labute approximate surface area is 134 Å². The highest BCUT2D eigenvalue weighted by atomic mass is 32.2. The standard InChI is InChI=1S/C16H20O3S2/c1-10-7-12(14(19)20-10)15(2,3)5-6-16(4)11(9-17)8-13(18)21-16/h7-10H,5-6H2,1-4H3. The second kappa shape index (κ2) is 5.76. The Kier molecular flexibility index (Phi) is 4.54. The molecule has 114 valence electrons. The van der Waals surface area contributed by atoms with Gasteiger partial charge in [0.15, 0.2) is 0 Å². The molecule has 0 aliphatic carbocycles. The minimum Gasteiger partial charge on any atom is -0.298 e. The molecule has 2 aliphatic rings. The molecule has 0 saturated heterocycles. The number of carbonyl (C=O) groups is 3. The van der Waals surface area contributed by atoms with E-state index >= 15 is 0 Å². The maximum Gasteiger partial charge on any atom is 0.216 e. The molecule has 0 aromatic carbocycles. The van der Waals surface area contributed by atoms with E-state index in [4.69, 9.17) is 0 Å². The van der Waals surface area contributed by atoms with Crippen LogP contribution < -0.4 is 0 Å². The second-order valence-electron chi connectivity index (χ2n) is 6.44. The number of carbonyl (C=O) groups excluding carboxylic acids is 3. The molecule has 0 aromatic rings. The molecule has 2 aliphatic heterocycles. The van der Waals surface area contributed by atoms with Gasteiger partial charge in [0.2, 0.25) is 10.2 Å². The predicted molar refractivity (Wildman–Crippen MR) is 88.3 cm³/mol. The summed E-state index contributed by atoms with van der Waals surface area (Å²) in [5.41, 5.74) is 1.19. The van der Waals surface area contributed by atoms with Crippen molar-refractivity contribution in [2.24, 2.45) is 5.41 Å². The van der Waals surface area contributed by atoms with Crippen LogP contribution in [-0.4, -0.2) is 26.5 Å². The molecule has 21 heavy (non-hydrogen) atoms. The summed E-state index contributed by atoms with van der Waals surface area (Å²) in [5, 5.41) is 0.326. The molecule has 0 fully saturated rings. The maximum absolute atomic E-state index is 12.0. The Bertz CT molecular complexity index is 560. The van der Waals surface area contributed by atoms with Gasteiger partial charge in [0.1, 0.15) is 6.29 Å². The van der Waals surface area contributed by atoms with Gasteiger partial charge in [-0.3, -0.25) is 14.4 Å². The van der Waals surface area contributed by atoms with E-state index in [0.717, 1.165) is 18.3 Å². The van der Waals surface area contributed by atoms with Crippen molar-refractivity contribution >= 4 is 40.0 Å². The van der Waals surface area contributed by atoms with Crippen molar-refractivity contribution in [1.29, 1.82) is 0 Å². The van der Waals surface area contributed by atoms with Crippen LogP contribution in [0.2, 0.25) is 0 Å². The minimum absolute atomic E-state index is 0.0576. The van der Waals surface area contributed by atoms with E-state index in [0.29, 0.717) is 12.0 Å². The van der Waals surface area contributed by atoms with Crippen molar-refractivity contribution in [2.45, 2.75) is 50.5 Å². The van der Waals surface area contributed by atoms with Crippen LogP contribution in [-0.2, 0) is 14.4 Å². The number of aldehydes is 1. The van der Waals surface area contributed by atoms with Crippen LogP contribution in [0.5, 0.6) is 0 Å². The third kappa shape index (κ3) is 3.34. The molecule has 2 rings (SSSR count). The number of hydrogen-bond acceptors (Lipinski definition) is 5. The van der Waals surface area contributed by atoms with E-state index in [9.17, 15) is 14.4 Å². The SMILES string of the molecule is CC1C=C(C(C)(C)CCC2(C)SC(=O)C=C2C=O)C(=O)S1. The molecule has 3 nitrogen and oxygen atoms in total. The Morgan fingerprint density at radius 1 is 1.38 bits per heavy atom. The summed E-state index contributed by atoms with van der Waals surface area (Å²) >= 11 is 2.57. The Balaban J connectivity index is 2.10. The maximum atomic E-state index is 12.0. The normalized spacial score (nSPS) is 29.6. The molecular formula is C16H20O3S2. The largest absolute Gasteiger partial charge is 0.298 e. The summed E-state index contributed by atoms with van der Waals surface area (Å²) < 4.78 is -0.461. The third-order valence-corrected chi connectivity index (χ3v) is 6.36. The van der Waals surface area contributed by atoms with E-state index in [1.54, 1.807) is 0 Å². The van der Waals surface area contributed by atoms with Gasteiger partial charge in [-0.25, -0.2) is 0 Å². The number of rotatable bonds is 5. The monoisotopic (exact) mass is 324 g/mol. The van der Waals surface area contributed by atoms with Crippen molar-refractivity contribution in [3.8, 4) is 0 Å². The molecule has 2 heterocycles. The van der Waals surface area contributed by atoms with Gasteiger partial charge in [0, 0.05) is 27.2 Å². The van der Waals surface area contributed by atoms with Crippen LogP contribution in [0.4, 0.5) is 0 Å². The molecule has 0 aromatic heterocycles. The van der Waals surface area contributed by atoms with Gasteiger partial charge in [-0.05, 0) is 32.1 Å². The van der Waals surface area contributed by atoms with Crippen LogP contribution in [0.25, 0.3) is 0 Å². The Morgan fingerprint density at radius 2 is 2.05 bits per heavy atom. The lowest BCUT2D eigenvalue weighted by atomic mass is 9.77. The first-order valence-corrected chi connectivity index (χ1v) is 8.71. The average molecular weight is 324 g/mol. The molecule has 0 bridgehead atoms. The summed E-state index contributed by atoms with van der Waals surface area (Å²) in [5.74, 6) is 0. The fraction of sp³-hybridized carbons (Fsp3) is 0.562. The van der Waals surface area contributed by atoms with E-state index < -0.39 is 4.75 Å². The fourth-order valence-electron chi connectivity index (χ4n) is 2.70. The summed E-state index contributed by atoms with van der Waals surface area (Å²) in [6.45, 7) is 8.07. The topological polar surface area (TPSA) is 51.2 Å². The van der Waals surface area contributed by atoms with Crippen LogP contribution in [0.3, 0.4) is 0 Å². The molecule has 0 radical (unpaired) electrons. The van der Waals surface area contributed by atoms with E-state index in [-0.39, 0.29) is 20.9 Å². The zero-order chi connectivity index (χ0) is 15.8. The zero-order valence-corrected chi connectivity index (χ0v) is 14.4. The first-order valence-electron chi connectivity index (χ1n) is 7.01. The lowest BCUT2D eigenvalue weighted by Gasteiger charge is -2.31. The molecule has 0 N–H and O–H groups in total. The van der Waals surface area contributed by atoms with Crippen LogP contribution in [0, 0.1) is 5.41 Å². The first-order chi connectivity index (χ1) is 9.68. The van der Waals surface area contributed by atoms with Crippen LogP contribution in [0.15, 0.2) is 23.3 Å². The smallest absolute Gasteiger partial charge is 0.216 e. The van der Waals surface area contributed by atoms with Gasteiger partial charge >= 0.3 is 0 Å². The lowest BCUT2D eigenvalue weighted by molar-refractivity contribution is -0.109. The molecule has 0 saturated carbocycles. The first kappa shape index (κ1) is 16.6. The summed E-state index contributed by atoms with van der Waals surface area (Å²) in [4.78, 5) is 34.8. The van der Waals surface area contributed by atoms with Crippen molar-refractivity contribution in [1.82, 2.24) is 0 Å². The molecule has 2 atom stereocenters. The van der Waals surface area contributed by atoms with Gasteiger partial charge in [-0.15, -0.1) is 0 Å². The number of thioether (sulfide) groups is 2. The lowest BCUT2D eigenvalue weighted by Crippen LogP contribution is -2.26. The summed E-state index contributed by atoms with van der Waals surface area (Å²) in [6.07, 6.45) is 5.72. The van der Waals surface area contributed by atoms with Gasteiger partial charge < -0.3 is 0 Å². The van der Waals surface area contributed by atoms with Gasteiger partial charge in [-0.2, -0.15) is 0 Å². The second-order valence-corrected chi connectivity index (χ2v) is 9.30. The van der Waals surface area contributed by atoms with E-state index in [1.807, 2.05) is 19.9 Å². The number of hydrogen-bond donors (Lipinski definition) is 0. The Hall–Kier alpha value is -0.810. The van der Waals surface area contributed by atoms with Crippen LogP contribution >= 0.6 is 23.5 Å². The predicted octanol–water partition coefficient (Wildman–Crippen LogP) is 3.54. The minimum atomic E-state index is -0.461. The van der Waals surface area contributed by atoms with Gasteiger partial charge in [-0.1, -0.05) is 43.4 Å². The van der Waals surface area contributed by atoms with Crippen molar-refractivity contribution < 1.29 is 14.4 Å². The third-order valence-electron chi connectivity index (χ3n) is 4.21. The molecule has 0 spiro atoms. The molecule has 0 amide bonds. The van der Waals surface area contributed by atoms with Crippen molar-refractivity contribution in [2.75, 3.05) is 0 Å².